The number of carbonyl (C=O) groups is 1. The predicted molar refractivity (Wildman–Crippen MR) is 68.0 cm³/mol. The van der Waals surface area contributed by atoms with Gasteiger partial charge in [0.25, 0.3) is 0 Å². The molecule has 0 saturated carbocycles. The number of nitrogens with two attached hydrogens (primary N) is 1. The van der Waals surface area contributed by atoms with Gasteiger partial charge < -0.3 is 15.8 Å². The number of nitrogens with one attached hydrogen (secondary N) is 1. The number of rotatable bonds is 7. The van der Waals surface area contributed by atoms with E-state index in [0.717, 1.165) is 5.56 Å². The standard InChI is InChI=1S/C13H19FN2O2/c1-16-12(17)6-3-9-18-13-10(7-8-15)4-2-5-11(13)14/h2,4-5H,3,6-9,15H2,1H3,(H,16,17). The minimum absolute atomic E-state index is 0.0469. The van der Waals surface area contributed by atoms with E-state index in [1.54, 1.807) is 19.2 Å². The molecule has 0 aromatic heterocycles. The summed E-state index contributed by atoms with van der Waals surface area (Å²) < 4.78 is 19.0. The maximum absolute atomic E-state index is 13.6. The van der Waals surface area contributed by atoms with E-state index < -0.39 is 0 Å². The molecule has 100 valence electrons. The van der Waals surface area contributed by atoms with E-state index in [-0.39, 0.29) is 17.5 Å². The van der Waals surface area contributed by atoms with E-state index in [1.165, 1.54) is 6.07 Å². The summed E-state index contributed by atoms with van der Waals surface area (Å²) in [6.45, 7) is 0.754. The van der Waals surface area contributed by atoms with Crippen LogP contribution in [0.25, 0.3) is 0 Å². The molecule has 0 aliphatic heterocycles. The Kier molecular flexibility index (Phi) is 6.14. The number of benzene rings is 1. The van der Waals surface area contributed by atoms with Crippen LogP contribution < -0.4 is 15.8 Å². The normalized spacial score (nSPS) is 10.2. The van der Waals surface area contributed by atoms with Crippen molar-refractivity contribution in [3.05, 3.63) is 29.6 Å². The van der Waals surface area contributed by atoms with E-state index >= 15 is 0 Å². The zero-order chi connectivity index (χ0) is 13.4. The largest absolute Gasteiger partial charge is 0.490 e. The van der Waals surface area contributed by atoms with Crippen molar-refractivity contribution in [2.24, 2.45) is 5.73 Å². The predicted octanol–water partition coefficient (Wildman–Crippen LogP) is 1.23. The van der Waals surface area contributed by atoms with Crippen LogP contribution in [0.2, 0.25) is 0 Å². The molecular formula is C13H19FN2O2. The smallest absolute Gasteiger partial charge is 0.219 e. The van der Waals surface area contributed by atoms with Crippen molar-refractivity contribution in [1.29, 1.82) is 0 Å². The average molecular weight is 254 g/mol. The lowest BCUT2D eigenvalue weighted by atomic mass is 10.1. The number of hydrogen-bond acceptors (Lipinski definition) is 3. The SMILES string of the molecule is CNC(=O)CCCOc1c(F)cccc1CCN. The summed E-state index contributed by atoms with van der Waals surface area (Å²) in [4.78, 5) is 11.0. The van der Waals surface area contributed by atoms with E-state index in [1.807, 2.05) is 0 Å². The molecule has 0 atom stereocenters. The molecule has 3 N–H and O–H groups in total. The first-order chi connectivity index (χ1) is 8.69. The lowest BCUT2D eigenvalue weighted by molar-refractivity contribution is -0.120. The fraction of sp³-hybridized carbons (Fsp3) is 0.462. The Labute approximate surface area is 106 Å². The fourth-order valence-corrected chi connectivity index (χ4v) is 1.60. The molecular weight excluding hydrogens is 235 g/mol. The third-order valence-corrected chi connectivity index (χ3v) is 2.54. The van der Waals surface area contributed by atoms with Gasteiger partial charge in [0, 0.05) is 13.5 Å². The van der Waals surface area contributed by atoms with E-state index in [0.29, 0.717) is 32.4 Å². The first-order valence-electron chi connectivity index (χ1n) is 6.00. The van der Waals surface area contributed by atoms with Crippen molar-refractivity contribution in [1.82, 2.24) is 5.32 Å². The van der Waals surface area contributed by atoms with Crippen LogP contribution >= 0.6 is 0 Å². The Bertz CT molecular complexity index is 397. The first-order valence-corrected chi connectivity index (χ1v) is 6.00. The zero-order valence-electron chi connectivity index (χ0n) is 10.5. The summed E-state index contributed by atoms with van der Waals surface area (Å²) in [5, 5.41) is 2.52. The summed E-state index contributed by atoms with van der Waals surface area (Å²) in [5.74, 6) is -0.185. The van der Waals surface area contributed by atoms with Gasteiger partial charge in [0.05, 0.1) is 6.61 Å². The van der Waals surface area contributed by atoms with Crippen molar-refractivity contribution in [2.75, 3.05) is 20.2 Å². The van der Waals surface area contributed by atoms with Crippen LogP contribution in [0, 0.1) is 5.82 Å². The van der Waals surface area contributed by atoms with Gasteiger partial charge in [-0.2, -0.15) is 0 Å². The van der Waals surface area contributed by atoms with E-state index in [9.17, 15) is 9.18 Å². The third kappa shape index (κ3) is 4.33. The molecule has 0 saturated heterocycles. The Morgan fingerprint density at radius 1 is 1.50 bits per heavy atom. The van der Waals surface area contributed by atoms with E-state index in [4.69, 9.17) is 10.5 Å². The maximum Gasteiger partial charge on any atom is 0.219 e. The molecule has 0 fully saturated rings. The second kappa shape index (κ2) is 7.66. The molecule has 1 rings (SSSR count). The molecule has 0 aliphatic rings. The van der Waals surface area contributed by atoms with Crippen molar-refractivity contribution in [3.8, 4) is 5.75 Å². The highest BCUT2D eigenvalue weighted by atomic mass is 19.1. The minimum atomic E-state index is -0.388. The molecule has 1 amide bonds. The number of halogens is 1. The van der Waals surface area contributed by atoms with Crippen LogP contribution in [0.15, 0.2) is 18.2 Å². The van der Waals surface area contributed by atoms with Crippen molar-refractivity contribution < 1.29 is 13.9 Å². The summed E-state index contributed by atoms with van der Waals surface area (Å²) in [6.07, 6.45) is 1.50. The quantitative estimate of drug-likeness (QED) is 0.719. The molecule has 0 heterocycles. The average Bonchev–Trinajstić information content (AvgIpc) is 2.37. The van der Waals surface area contributed by atoms with Gasteiger partial charge in [0.1, 0.15) is 0 Å². The molecule has 5 heteroatoms. The highest BCUT2D eigenvalue weighted by molar-refractivity contribution is 5.75. The van der Waals surface area contributed by atoms with Gasteiger partial charge in [-0.25, -0.2) is 4.39 Å². The van der Waals surface area contributed by atoms with Crippen LogP contribution in [0.1, 0.15) is 18.4 Å². The summed E-state index contributed by atoms with van der Waals surface area (Å²) in [5.41, 5.74) is 6.22. The highest BCUT2D eigenvalue weighted by Gasteiger charge is 2.09. The summed E-state index contributed by atoms with van der Waals surface area (Å²) in [7, 11) is 1.58. The third-order valence-electron chi connectivity index (χ3n) is 2.54. The number of para-hydroxylation sites is 1. The number of ether oxygens (including phenoxy) is 1. The fourth-order valence-electron chi connectivity index (χ4n) is 1.60. The number of amides is 1. The van der Waals surface area contributed by atoms with Gasteiger partial charge in [-0.1, -0.05) is 12.1 Å². The van der Waals surface area contributed by atoms with Crippen LogP contribution in [0.4, 0.5) is 4.39 Å². The summed E-state index contributed by atoms with van der Waals surface area (Å²) >= 11 is 0. The number of hydrogen-bond donors (Lipinski definition) is 2. The molecule has 1 aromatic rings. The van der Waals surface area contributed by atoms with Crippen molar-refractivity contribution >= 4 is 5.91 Å². The summed E-state index contributed by atoms with van der Waals surface area (Å²) in [6, 6.07) is 4.79. The highest BCUT2D eigenvalue weighted by Crippen LogP contribution is 2.23. The monoisotopic (exact) mass is 254 g/mol. The van der Waals surface area contributed by atoms with Crippen LogP contribution in [0.3, 0.4) is 0 Å². The molecule has 0 spiro atoms. The topological polar surface area (TPSA) is 64.3 Å². The second-order valence-electron chi connectivity index (χ2n) is 3.89. The molecule has 0 unspecified atom stereocenters. The van der Waals surface area contributed by atoms with Crippen LogP contribution in [-0.4, -0.2) is 26.1 Å². The number of carbonyl (C=O) groups excluding carboxylic acids is 1. The minimum Gasteiger partial charge on any atom is -0.490 e. The lowest BCUT2D eigenvalue weighted by Crippen LogP contribution is -2.18. The van der Waals surface area contributed by atoms with Crippen molar-refractivity contribution in [2.45, 2.75) is 19.3 Å². The Hall–Kier alpha value is -1.62. The zero-order valence-corrected chi connectivity index (χ0v) is 10.5. The van der Waals surface area contributed by atoms with Gasteiger partial charge in [-0.05, 0) is 31.0 Å². The van der Waals surface area contributed by atoms with Crippen LogP contribution in [-0.2, 0) is 11.2 Å². The second-order valence-corrected chi connectivity index (χ2v) is 3.89. The van der Waals surface area contributed by atoms with Gasteiger partial charge in [-0.15, -0.1) is 0 Å². The molecule has 1 aromatic carbocycles. The van der Waals surface area contributed by atoms with E-state index in [2.05, 4.69) is 5.32 Å². The molecule has 18 heavy (non-hydrogen) atoms. The Balaban J connectivity index is 2.52. The Morgan fingerprint density at radius 3 is 2.94 bits per heavy atom. The van der Waals surface area contributed by atoms with Gasteiger partial charge in [-0.3, -0.25) is 4.79 Å². The van der Waals surface area contributed by atoms with Crippen LogP contribution in [0.5, 0.6) is 5.75 Å². The lowest BCUT2D eigenvalue weighted by Gasteiger charge is -2.11. The van der Waals surface area contributed by atoms with Crippen molar-refractivity contribution in [3.63, 3.8) is 0 Å². The molecule has 4 nitrogen and oxygen atoms in total. The Morgan fingerprint density at radius 2 is 2.28 bits per heavy atom. The molecule has 0 radical (unpaired) electrons. The van der Waals surface area contributed by atoms with Gasteiger partial charge in [0.2, 0.25) is 5.91 Å². The van der Waals surface area contributed by atoms with Gasteiger partial charge in [0.15, 0.2) is 11.6 Å². The molecule has 0 aliphatic carbocycles. The maximum atomic E-state index is 13.6. The van der Waals surface area contributed by atoms with Gasteiger partial charge >= 0.3 is 0 Å². The first kappa shape index (κ1) is 14.4. The molecule has 0 bridgehead atoms.